The molecule has 0 atom stereocenters. The first-order chi connectivity index (χ1) is 8.19. The Kier molecular flexibility index (Phi) is 5.59. The number of methoxy groups -OCH3 is 1. The maximum Gasteiger partial charge on any atom is 0.168 e. The SMILES string of the molecule is COc1cccc(CC(=O)COCCN)c1F. The van der Waals surface area contributed by atoms with E-state index in [4.69, 9.17) is 15.2 Å². The van der Waals surface area contributed by atoms with Crippen LogP contribution in [0.1, 0.15) is 5.56 Å². The van der Waals surface area contributed by atoms with Gasteiger partial charge in [0.05, 0.1) is 13.7 Å². The molecule has 0 amide bonds. The van der Waals surface area contributed by atoms with E-state index in [-0.39, 0.29) is 24.6 Å². The lowest BCUT2D eigenvalue weighted by Crippen LogP contribution is -2.16. The van der Waals surface area contributed by atoms with Crippen LogP contribution in [0.5, 0.6) is 5.75 Å². The minimum atomic E-state index is -0.498. The van der Waals surface area contributed by atoms with Crippen molar-refractivity contribution in [1.29, 1.82) is 0 Å². The predicted octanol–water partition coefficient (Wildman–Crippen LogP) is 0.921. The molecule has 5 heteroatoms. The highest BCUT2D eigenvalue weighted by Crippen LogP contribution is 2.20. The van der Waals surface area contributed by atoms with Crippen LogP contribution < -0.4 is 10.5 Å². The van der Waals surface area contributed by atoms with E-state index in [2.05, 4.69) is 0 Å². The zero-order chi connectivity index (χ0) is 12.7. The molecule has 0 saturated carbocycles. The maximum atomic E-state index is 13.7. The highest BCUT2D eigenvalue weighted by molar-refractivity contribution is 5.82. The Morgan fingerprint density at radius 3 is 2.88 bits per heavy atom. The maximum absolute atomic E-state index is 13.7. The average Bonchev–Trinajstić information content (AvgIpc) is 2.32. The summed E-state index contributed by atoms with van der Waals surface area (Å²) in [6.45, 7) is 0.640. The van der Waals surface area contributed by atoms with E-state index in [0.29, 0.717) is 18.7 Å². The molecular formula is C12H16FNO3. The monoisotopic (exact) mass is 241 g/mol. The van der Waals surface area contributed by atoms with Gasteiger partial charge < -0.3 is 15.2 Å². The van der Waals surface area contributed by atoms with Gasteiger partial charge in [0.1, 0.15) is 6.61 Å². The van der Waals surface area contributed by atoms with E-state index in [1.54, 1.807) is 12.1 Å². The second kappa shape index (κ2) is 6.98. The zero-order valence-electron chi connectivity index (χ0n) is 9.74. The standard InChI is InChI=1S/C12H16FNO3/c1-16-11-4-2-3-9(12(11)13)7-10(15)8-17-6-5-14/h2-4H,5-8,14H2,1H3. The molecule has 0 aliphatic heterocycles. The van der Waals surface area contributed by atoms with Crippen molar-refractivity contribution < 1.29 is 18.7 Å². The number of carbonyl (C=O) groups excluding carboxylic acids is 1. The van der Waals surface area contributed by atoms with Crippen molar-refractivity contribution in [3.05, 3.63) is 29.6 Å². The van der Waals surface area contributed by atoms with Crippen LogP contribution in [0.4, 0.5) is 4.39 Å². The molecule has 1 rings (SSSR count). The van der Waals surface area contributed by atoms with Crippen LogP contribution in [-0.2, 0) is 16.0 Å². The van der Waals surface area contributed by atoms with Crippen molar-refractivity contribution in [2.45, 2.75) is 6.42 Å². The van der Waals surface area contributed by atoms with Crippen LogP contribution in [0.2, 0.25) is 0 Å². The summed E-state index contributed by atoms with van der Waals surface area (Å²) in [7, 11) is 1.38. The highest BCUT2D eigenvalue weighted by Gasteiger charge is 2.11. The number of hydrogen-bond donors (Lipinski definition) is 1. The third-order valence-electron chi connectivity index (χ3n) is 2.18. The van der Waals surface area contributed by atoms with Crippen molar-refractivity contribution in [3.63, 3.8) is 0 Å². The van der Waals surface area contributed by atoms with Gasteiger partial charge in [0.25, 0.3) is 0 Å². The summed E-state index contributed by atoms with van der Waals surface area (Å²) in [6.07, 6.45) is -0.00634. The van der Waals surface area contributed by atoms with E-state index in [9.17, 15) is 9.18 Å². The first-order valence-electron chi connectivity index (χ1n) is 5.30. The number of ether oxygens (including phenoxy) is 2. The van der Waals surface area contributed by atoms with E-state index in [1.807, 2.05) is 0 Å². The van der Waals surface area contributed by atoms with Gasteiger partial charge in [0.2, 0.25) is 0 Å². The Labute approximate surface area is 99.5 Å². The normalized spacial score (nSPS) is 10.3. The largest absolute Gasteiger partial charge is 0.494 e. The number of benzene rings is 1. The topological polar surface area (TPSA) is 61.5 Å². The summed E-state index contributed by atoms with van der Waals surface area (Å²) < 4.78 is 23.5. The van der Waals surface area contributed by atoms with Gasteiger partial charge in [-0.2, -0.15) is 0 Å². The average molecular weight is 241 g/mol. The second-order valence-corrected chi connectivity index (χ2v) is 3.49. The second-order valence-electron chi connectivity index (χ2n) is 3.49. The van der Waals surface area contributed by atoms with Crippen molar-refractivity contribution >= 4 is 5.78 Å². The summed E-state index contributed by atoms with van der Waals surface area (Å²) in [5.74, 6) is -0.550. The van der Waals surface area contributed by atoms with Crippen molar-refractivity contribution in [1.82, 2.24) is 0 Å². The number of carbonyl (C=O) groups is 1. The van der Waals surface area contributed by atoms with Gasteiger partial charge in [-0.05, 0) is 11.6 Å². The molecule has 17 heavy (non-hydrogen) atoms. The molecule has 1 aromatic carbocycles. The number of ketones is 1. The minimum absolute atomic E-state index is 0.00634. The van der Waals surface area contributed by atoms with Gasteiger partial charge in [0.15, 0.2) is 17.3 Å². The van der Waals surface area contributed by atoms with Crippen LogP contribution in [0.3, 0.4) is 0 Å². The molecule has 0 bridgehead atoms. The first-order valence-corrected chi connectivity index (χ1v) is 5.30. The number of rotatable bonds is 7. The molecule has 0 radical (unpaired) electrons. The van der Waals surface area contributed by atoms with Gasteiger partial charge in [-0.3, -0.25) is 4.79 Å². The quantitative estimate of drug-likeness (QED) is 0.721. The fourth-order valence-electron chi connectivity index (χ4n) is 1.38. The van der Waals surface area contributed by atoms with E-state index < -0.39 is 5.82 Å². The third-order valence-corrected chi connectivity index (χ3v) is 2.18. The lowest BCUT2D eigenvalue weighted by atomic mass is 10.1. The van der Waals surface area contributed by atoms with Crippen LogP contribution in [0.15, 0.2) is 18.2 Å². The molecule has 0 unspecified atom stereocenters. The van der Waals surface area contributed by atoms with E-state index in [1.165, 1.54) is 13.2 Å². The Morgan fingerprint density at radius 1 is 1.47 bits per heavy atom. The minimum Gasteiger partial charge on any atom is -0.494 e. The van der Waals surface area contributed by atoms with Gasteiger partial charge in [-0.1, -0.05) is 12.1 Å². The van der Waals surface area contributed by atoms with E-state index >= 15 is 0 Å². The fourth-order valence-corrected chi connectivity index (χ4v) is 1.38. The molecule has 0 saturated heterocycles. The molecule has 0 aromatic heterocycles. The van der Waals surface area contributed by atoms with Crippen LogP contribution >= 0.6 is 0 Å². The molecule has 0 fully saturated rings. The Hall–Kier alpha value is -1.46. The molecule has 4 nitrogen and oxygen atoms in total. The lowest BCUT2D eigenvalue weighted by molar-refractivity contribution is -0.122. The van der Waals surface area contributed by atoms with Crippen molar-refractivity contribution in [3.8, 4) is 5.75 Å². The summed E-state index contributed by atoms with van der Waals surface area (Å²) in [4.78, 5) is 11.5. The molecule has 0 aliphatic carbocycles. The number of halogens is 1. The highest BCUT2D eigenvalue weighted by atomic mass is 19.1. The molecule has 94 valence electrons. The number of Topliss-reactive ketones (excluding diaryl/α,β-unsaturated/α-hetero) is 1. The van der Waals surface area contributed by atoms with E-state index in [0.717, 1.165) is 0 Å². The summed E-state index contributed by atoms with van der Waals surface area (Å²) in [5, 5.41) is 0. The van der Waals surface area contributed by atoms with Gasteiger partial charge in [0, 0.05) is 13.0 Å². The summed E-state index contributed by atoms with van der Waals surface area (Å²) in [5.41, 5.74) is 5.53. The molecule has 0 spiro atoms. The molecule has 0 heterocycles. The lowest BCUT2D eigenvalue weighted by Gasteiger charge is -2.07. The molecule has 2 N–H and O–H groups in total. The Balaban J connectivity index is 2.59. The van der Waals surface area contributed by atoms with Gasteiger partial charge >= 0.3 is 0 Å². The Morgan fingerprint density at radius 2 is 2.24 bits per heavy atom. The Bertz CT molecular complexity index is 382. The number of nitrogens with two attached hydrogens (primary N) is 1. The molecule has 0 aliphatic rings. The van der Waals surface area contributed by atoms with Crippen LogP contribution in [0.25, 0.3) is 0 Å². The fraction of sp³-hybridized carbons (Fsp3) is 0.417. The molecule has 1 aromatic rings. The van der Waals surface area contributed by atoms with Gasteiger partial charge in [-0.15, -0.1) is 0 Å². The number of hydrogen-bond acceptors (Lipinski definition) is 4. The third kappa shape index (κ3) is 4.13. The van der Waals surface area contributed by atoms with Gasteiger partial charge in [-0.25, -0.2) is 4.39 Å². The smallest absolute Gasteiger partial charge is 0.168 e. The molecular weight excluding hydrogens is 225 g/mol. The summed E-state index contributed by atoms with van der Waals surface area (Å²) in [6, 6.07) is 4.71. The van der Waals surface area contributed by atoms with Crippen LogP contribution in [-0.4, -0.2) is 32.7 Å². The van der Waals surface area contributed by atoms with Crippen molar-refractivity contribution in [2.24, 2.45) is 5.73 Å². The van der Waals surface area contributed by atoms with Crippen molar-refractivity contribution in [2.75, 3.05) is 26.9 Å². The first kappa shape index (κ1) is 13.6. The van der Waals surface area contributed by atoms with Crippen LogP contribution in [0, 0.1) is 5.82 Å². The predicted molar refractivity (Wildman–Crippen MR) is 61.5 cm³/mol. The summed E-state index contributed by atoms with van der Waals surface area (Å²) >= 11 is 0. The zero-order valence-corrected chi connectivity index (χ0v) is 9.74.